The molecule has 0 saturated carbocycles. The van der Waals surface area contributed by atoms with Gasteiger partial charge in [0.1, 0.15) is 19.3 Å². The molecule has 19 heteroatoms. The number of hydrogen-bond donors (Lipinski definition) is 3. The van der Waals surface area contributed by atoms with E-state index in [1.54, 1.807) is 0 Å². The lowest BCUT2D eigenvalue weighted by Crippen LogP contribution is -2.30. The molecule has 0 aliphatic heterocycles. The molecule has 0 aliphatic carbocycles. The van der Waals surface area contributed by atoms with Crippen LogP contribution in [0.15, 0.2) is 0 Å². The normalized spacial score (nSPS) is 14.2. The number of aliphatic hydroxyl groups excluding tert-OH is 1. The van der Waals surface area contributed by atoms with Gasteiger partial charge in [0, 0.05) is 25.7 Å². The van der Waals surface area contributed by atoms with E-state index in [4.69, 9.17) is 37.0 Å². The molecule has 0 aromatic carbocycles. The van der Waals surface area contributed by atoms with Crippen molar-refractivity contribution in [1.82, 2.24) is 0 Å². The van der Waals surface area contributed by atoms with Gasteiger partial charge in [0.2, 0.25) is 0 Å². The minimum Gasteiger partial charge on any atom is -0.462 e. The third-order valence-corrected chi connectivity index (χ3v) is 16.7. The van der Waals surface area contributed by atoms with Crippen LogP contribution in [0.1, 0.15) is 324 Å². The average molecular weight is 1230 g/mol. The first kappa shape index (κ1) is 81.1. The van der Waals surface area contributed by atoms with Crippen LogP contribution in [-0.4, -0.2) is 96.7 Å². The van der Waals surface area contributed by atoms with Gasteiger partial charge in [0.25, 0.3) is 0 Å². The predicted molar refractivity (Wildman–Crippen MR) is 331 cm³/mol. The molecule has 0 aromatic heterocycles. The highest BCUT2D eigenvalue weighted by molar-refractivity contribution is 7.47. The summed E-state index contributed by atoms with van der Waals surface area (Å²) < 4.78 is 67.8. The van der Waals surface area contributed by atoms with Crippen LogP contribution in [-0.2, 0) is 65.4 Å². The van der Waals surface area contributed by atoms with Gasteiger partial charge in [-0.3, -0.25) is 37.3 Å². The Labute approximate surface area is 505 Å². The number of aliphatic hydroxyl groups is 1. The summed E-state index contributed by atoms with van der Waals surface area (Å²) in [5.74, 6) is -1.45. The smallest absolute Gasteiger partial charge is 0.462 e. The Morgan fingerprint density at radius 3 is 0.819 bits per heavy atom. The van der Waals surface area contributed by atoms with Crippen LogP contribution in [0.3, 0.4) is 0 Å². The third-order valence-electron chi connectivity index (χ3n) is 14.8. The second-order valence-electron chi connectivity index (χ2n) is 23.6. The van der Waals surface area contributed by atoms with E-state index in [1.807, 2.05) is 0 Å². The zero-order valence-electron chi connectivity index (χ0n) is 53.3. The lowest BCUT2D eigenvalue weighted by molar-refractivity contribution is -0.161. The lowest BCUT2D eigenvalue weighted by Gasteiger charge is -2.21. The van der Waals surface area contributed by atoms with Crippen molar-refractivity contribution >= 4 is 39.5 Å². The van der Waals surface area contributed by atoms with Crippen LogP contribution < -0.4 is 0 Å². The topological polar surface area (TPSA) is 237 Å². The summed E-state index contributed by atoms with van der Waals surface area (Å²) in [5.41, 5.74) is 0. The summed E-state index contributed by atoms with van der Waals surface area (Å²) in [4.78, 5) is 72.0. The maximum Gasteiger partial charge on any atom is 0.472 e. The van der Waals surface area contributed by atoms with Gasteiger partial charge in [-0.25, -0.2) is 9.13 Å². The Balaban J connectivity index is 5.17. The molecular weight excluding hydrogens is 1100 g/mol. The molecule has 0 aromatic rings. The van der Waals surface area contributed by atoms with Gasteiger partial charge in [-0.15, -0.1) is 0 Å². The summed E-state index contributed by atoms with van der Waals surface area (Å²) in [7, 11) is -9.88. The number of unbranched alkanes of at least 4 members (excludes halogenated alkanes) is 36. The molecule has 0 aliphatic rings. The van der Waals surface area contributed by atoms with Gasteiger partial charge in [0.05, 0.1) is 26.4 Å². The SMILES string of the molecule is CCCCCCCCCCCCCCCCCC(=O)O[C@H](COC(=O)CCCCCCCCCCCCCCC)COP(=O)(O)OC[C@@H](O)COP(=O)(O)OC[C@@H](COC(=O)CCCCCCC)OC(=O)CCCCCCCCCC(C)C. The number of phosphoric acid groups is 2. The number of carbonyl (C=O) groups is 4. The van der Waals surface area contributed by atoms with E-state index < -0.39 is 97.5 Å². The highest BCUT2D eigenvalue weighted by Gasteiger charge is 2.30. The number of ether oxygens (including phenoxy) is 4. The molecule has 0 spiro atoms. The fourth-order valence-electron chi connectivity index (χ4n) is 9.58. The molecule has 0 heterocycles. The Bertz CT molecular complexity index is 1620. The molecule has 0 radical (unpaired) electrons. The highest BCUT2D eigenvalue weighted by atomic mass is 31.2. The van der Waals surface area contributed by atoms with Crippen LogP contribution in [0.2, 0.25) is 0 Å². The van der Waals surface area contributed by atoms with E-state index >= 15 is 0 Å². The van der Waals surface area contributed by atoms with Crippen LogP contribution in [0.4, 0.5) is 0 Å². The summed E-state index contributed by atoms with van der Waals surface area (Å²) >= 11 is 0. The largest absolute Gasteiger partial charge is 0.472 e. The zero-order valence-corrected chi connectivity index (χ0v) is 55.1. The first-order valence-electron chi connectivity index (χ1n) is 33.6. The Morgan fingerprint density at radius 2 is 0.554 bits per heavy atom. The number of rotatable bonds is 64. The molecular formula is C64H124O17P2. The van der Waals surface area contributed by atoms with Gasteiger partial charge in [-0.2, -0.15) is 0 Å². The minimum absolute atomic E-state index is 0.103. The number of hydrogen-bond acceptors (Lipinski definition) is 15. The van der Waals surface area contributed by atoms with Crippen molar-refractivity contribution in [2.45, 2.75) is 342 Å². The second kappa shape index (κ2) is 57.8. The Kier molecular flexibility index (Phi) is 56.4. The van der Waals surface area contributed by atoms with Crippen LogP contribution in [0.5, 0.6) is 0 Å². The monoisotopic (exact) mass is 1230 g/mol. The van der Waals surface area contributed by atoms with E-state index in [0.29, 0.717) is 31.6 Å². The Hall–Kier alpha value is -1.94. The third kappa shape index (κ3) is 58.8. The van der Waals surface area contributed by atoms with E-state index in [-0.39, 0.29) is 25.7 Å². The van der Waals surface area contributed by atoms with E-state index in [0.717, 1.165) is 96.3 Å². The van der Waals surface area contributed by atoms with Crippen LogP contribution in [0.25, 0.3) is 0 Å². The van der Waals surface area contributed by atoms with E-state index in [1.165, 1.54) is 141 Å². The number of carbonyl (C=O) groups excluding carboxylic acids is 4. The van der Waals surface area contributed by atoms with Crippen LogP contribution >= 0.6 is 15.6 Å². The van der Waals surface area contributed by atoms with Crippen molar-refractivity contribution in [2.24, 2.45) is 5.92 Å². The van der Waals surface area contributed by atoms with Crippen molar-refractivity contribution in [1.29, 1.82) is 0 Å². The summed E-state index contributed by atoms with van der Waals surface area (Å²) in [5, 5.41) is 10.5. The molecule has 5 atom stereocenters. The maximum absolute atomic E-state index is 13.0. The summed E-state index contributed by atoms with van der Waals surface area (Å²) in [6.45, 7) is 7.05. The lowest BCUT2D eigenvalue weighted by atomic mass is 10.0. The fourth-order valence-corrected chi connectivity index (χ4v) is 11.2. The molecule has 0 saturated heterocycles. The van der Waals surface area contributed by atoms with Gasteiger partial charge >= 0.3 is 39.5 Å². The minimum atomic E-state index is -4.94. The van der Waals surface area contributed by atoms with Crippen molar-refractivity contribution in [3.63, 3.8) is 0 Å². The van der Waals surface area contributed by atoms with Crippen molar-refractivity contribution < 1.29 is 80.2 Å². The van der Waals surface area contributed by atoms with Crippen molar-refractivity contribution in [3.8, 4) is 0 Å². The first-order chi connectivity index (χ1) is 40.0. The standard InChI is InChI=1S/C64H124O17P2/c1-6-9-12-15-17-19-21-23-24-26-28-30-34-39-44-49-63(68)81-60(54-75-62(67)48-43-38-33-29-27-25-22-20-18-16-13-10-7-2)56-79-83(72,73)77-52-58(65)51-76-82(70,71)78-55-59(53-74-61(66)47-42-36-14-11-8-3)80-64(69)50-45-40-35-31-32-37-41-46-57(4)5/h57-60,65H,6-56H2,1-5H3,(H,70,71)(H,72,73)/t58-,59+,60+/m0/s1. The maximum atomic E-state index is 13.0. The number of esters is 4. The quantitative estimate of drug-likeness (QED) is 0.0222. The molecule has 0 fully saturated rings. The molecule has 0 rings (SSSR count). The fraction of sp³-hybridized carbons (Fsp3) is 0.938. The van der Waals surface area contributed by atoms with Crippen molar-refractivity contribution in [3.05, 3.63) is 0 Å². The van der Waals surface area contributed by atoms with E-state index in [9.17, 15) is 43.2 Å². The van der Waals surface area contributed by atoms with Crippen molar-refractivity contribution in [2.75, 3.05) is 39.6 Å². The molecule has 492 valence electrons. The molecule has 0 amide bonds. The van der Waals surface area contributed by atoms with Gasteiger partial charge in [-0.1, -0.05) is 272 Å². The molecule has 0 bridgehead atoms. The summed E-state index contributed by atoms with van der Waals surface area (Å²) in [6, 6.07) is 0. The Morgan fingerprint density at radius 1 is 0.325 bits per heavy atom. The van der Waals surface area contributed by atoms with Crippen LogP contribution in [0, 0.1) is 5.92 Å². The van der Waals surface area contributed by atoms with Gasteiger partial charge in [0.15, 0.2) is 12.2 Å². The molecule has 17 nitrogen and oxygen atoms in total. The zero-order chi connectivity index (χ0) is 61.3. The summed E-state index contributed by atoms with van der Waals surface area (Å²) in [6.07, 6.45) is 42.1. The predicted octanol–water partition coefficient (Wildman–Crippen LogP) is 17.8. The molecule has 3 N–H and O–H groups in total. The second-order valence-corrected chi connectivity index (χ2v) is 26.5. The average Bonchev–Trinajstić information content (AvgIpc) is 3.46. The van der Waals surface area contributed by atoms with E-state index in [2.05, 4.69) is 34.6 Å². The molecule has 83 heavy (non-hydrogen) atoms. The van der Waals surface area contributed by atoms with Gasteiger partial charge in [-0.05, 0) is 31.6 Å². The van der Waals surface area contributed by atoms with Gasteiger partial charge < -0.3 is 33.8 Å². The first-order valence-corrected chi connectivity index (χ1v) is 36.6. The molecule has 2 unspecified atom stereocenters. The number of phosphoric ester groups is 2. The highest BCUT2D eigenvalue weighted by Crippen LogP contribution is 2.45.